The smallest absolute Gasteiger partial charge is 0.119 e. The van der Waals surface area contributed by atoms with Crippen LogP contribution in [0.5, 0.6) is 5.75 Å². The number of rotatable bonds is 8. The van der Waals surface area contributed by atoms with Gasteiger partial charge < -0.3 is 4.74 Å². The largest absolute Gasteiger partial charge is 0.492 e. The molecule has 0 atom stereocenters. The van der Waals surface area contributed by atoms with Crippen LogP contribution in [-0.2, 0) is 5.41 Å². The molecule has 0 amide bonds. The van der Waals surface area contributed by atoms with E-state index in [1.165, 1.54) is 43.2 Å². The highest BCUT2D eigenvalue weighted by atomic mass is 16.5. The first-order valence-electron chi connectivity index (χ1n) is 10.6. The molecule has 0 N–H and O–H groups in total. The van der Waals surface area contributed by atoms with Gasteiger partial charge in [-0.15, -0.1) is 0 Å². The van der Waals surface area contributed by atoms with Gasteiger partial charge in [0.15, 0.2) is 0 Å². The predicted octanol–water partition coefficient (Wildman–Crippen LogP) is 6.05. The molecule has 0 heterocycles. The molecule has 146 valence electrons. The molecule has 1 aliphatic rings. The van der Waals surface area contributed by atoms with Gasteiger partial charge in [0.25, 0.3) is 0 Å². The van der Waals surface area contributed by atoms with Gasteiger partial charge in [0.1, 0.15) is 12.4 Å². The van der Waals surface area contributed by atoms with Gasteiger partial charge in [0.05, 0.1) is 0 Å². The normalized spacial score (nSPS) is 15.9. The lowest BCUT2D eigenvalue weighted by atomic mass is 9.78. The molecule has 27 heavy (non-hydrogen) atoms. The zero-order valence-electron chi connectivity index (χ0n) is 17.3. The fourth-order valence-corrected chi connectivity index (χ4v) is 4.32. The van der Waals surface area contributed by atoms with Crippen molar-refractivity contribution >= 4 is 0 Å². The summed E-state index contributed by atoms with van der Waals surface area (Å²) in [6.45, 7) is 9.75. The Bertz CT molecular complexity index is 671. The van der Waals surface area contributed by atoms with Gasteiger partial charge >= 0.3 is 0 Å². The average molecular weight is 366 g/mol. The highest BCUT2D eigenvalue weighted by Crippen LogP contribution is 2.32. The number of nitrogens with zero attached hydrogens (tertiary/aromatic N) is 1. The Morgan fingerprint density at radius 1 is 0.889 bits per heavy atom. The minimum atomic E-state index is -0.000216. The first-order valence-corrected chi connectivity index (χ1v) is 10.6. The molecular weight excluding hydrogens is 330 g/mol. The molecule has 3 rings (SSSR count). The van der Waals surface area contributed by atoms with Crippen LogP contribution in [0.15, 0.2) is 54.6 Å². The predicted molar refractivity (Wildman–Crippen MR) is 115 cm³/mol. The van der Waals surface area contributed by atoms with E-state index in [9.17, 15) is 0 Å². The summed E-state index contributed by atoms with van der Waals surface area (Å²) in [5.74, 6) is 0.974. The molecule has 2 nitrogen and oxygen atoms in total. The molecule has 0 unspecified atom stereocenters. The number of hydrogen-bond acceptors (Lipinski definition) is 2. The summed E-state index contributed by atoms with van der Waals surface area (Å²) in [6, 6.07) is 20.1. The number of hydrogen-bond donors (Lipinski definition) is 0. The molecule has 0 radical (unpaired) electrons. The van der Waals surface area contributed by atoms with Gasteiger partial charge in [0, 0.05) is 18.0 Å². The third-order valence-electron chi connectivity index (χ3n) is 6.22. The van der Waals surface area contributed by atoms with E-state index in [1.807, 2.05) is 0 Å². The van der Waals surface area contributed by atoms with Gasteiger partial charge in [-0.2, -0.15) is 0 Å². The topological polar surface area (TPSA) is 12.5 Å². The van der Waals surface area contributed by atoms with Crippen molar-refractivity contribution in [2.75, 3.05) is 19.7 Å². The van der Waals surface area contributed by atoms with Crippen molar-refractivity contribution in [3.63, 3.8) is 0 Å². The minimum Gasteiger partial charge on any atom is -0.492 e. The second kappa shape index (κ2) is 9.41. The molecule has 0 saturated heterocycles. The first kappa shape index (κ1) is 19.9. The van der Waals surface area contributed by atoms with E-state index in [0.717, 1.165) is 31.5 Å². The third-order valence-corrected chi connectivity index (χ3v) is 6.22. The van der Waals surface area contributed by atoms with Gasteiger partial charge in [-0.3, -0.25) is 4.90 Å². The van der Waals surface area contributed by atoms with Crippen LogP contribution in [0, 0.1) is 0 Å². The van der Waals surface area contributed by atoms with Gasteiger partial charge in [0.2, 0.25) is 0 Å². The maximum Gasteiger partial charge on any atom is 0.119 e. The highest BCUT2D eigenvalue weighted by molar-refractivity contribution is 5.39. The Balaban J connectivity index is 1.54. The van der Waals surface area contributed by atoms with Crippen LogP contribution in [0.25, 0.3) is 0 Å². The molecular formula is C25H35NO. The second-order valence-electron chi connectivity index (χ2n) is 8.28. The van der Waals surface area contributed by atoms with Crippen molar-refractivity contribution < 1.29 is 4.74 Å². The number of ether oxygens (including phenoxy) is 1. The Morgan fingerprint density at radius 3 is 2.15 bits per heavy atom. The maximum atomic E-state index is 6.06. The Kier molecular flexibility index (Phi) is 6.95. The SMILES string of the molecule is CCN(CCOc1ccc(C(C)(C)c2ccccc2)cc1)C1CCCCC1. The van der Waals surface area contributed by atoms with E-state index >= 15 is 0 Å². The lowest BCUT2D eigenvalue weighted by molar-refractivity contribution is 0.137. The van der Waals surface area contributed by atoms with Crippen LogP contribution < -0.4 is 4.74 Å². The first-order chi connectivity index (χ1) is 13.1. The van der Waals surface area contributed by atoms with Crippen molar-refractivity contribution in [1.29, 1.82) is 0 Å². The van der Waals surface area contributed by atoms with Crippen molar-refractivity contribution in [3.05, 3.63) is 65.7 Å². The van der Waals surface area contributed by atoms with Gasteiger partial charge in [-0.25, -0.2) is 0 Å². The molecule has 2 aromatic carbocycles. The molecule has 0 bridgehead atoms. The van der Waals surface area contributed by atoms with Gasteiger partial charge in [-0.1, -0.05) is 82.5 Å². The summed E-state index contributed by atoms with van der Waals surface area (Å²) in [5.41, 5.74) is 2.66. The van der Waals surface area contributed by atoms with E-state index in [1.54, 1.807) is 0 Å². The van der Waals surface area contributed by atoms with Crippen LogP contribution in [0.2, 0.25) is 0 Å². The monoisotopic (exact) mass is 365 g/mol. The summed E-state index contributed by atoms with van der Waals surface area (Å²) < 4.78 is 6.06. The average Bonchev–Trinajstić information content (AvgIpc) is 2.73. The molecule has 0 aliphatic heterocycles. The molecule has 1 saturated carbocycles. The molecule has 2 aromatic rings. The second-order valence-corrected chi connectivity index (χ2v) is 8.28. The summed E-state index contributed by atoms with van der Waals surface area (Å²) in [5, 5.41) is 0. The molecule has 0 spiro atoms. The Morgan fingerprint density at radius 2 is 1.52 bits per heavy atom. The third kappa shape index (κ3) is 5.13. The summed E-state index contributed by atoms with van der Waals surface area (Å²) >= 11 is 0. The van der Waals surface area contributed by atoms with Crippen molar-refractivity contribution in [2.45, 2.75) is 64.3 Å². The molecule has 0 aromatic heterocycles. The molecule has 1 aliphatic carbocycles. The molecule has 2 heteroatoms. The minimum absolute atomic E-state index is 0.000216. The summed E-state index contributed by atoms with van der Waals surface area (Å²) in [4.78, 5) is 2.60. The van der Waals surface area contributed by atoms with Crippen LogP contribution in [0.3, 0.4) is 0 Å². The van der Waals surface area contributed by atoms with Crippen molar-refractivity contribution in [3.8, 4) is 5.75 Å². The van der Waals surface area contributed by atoms with E-state index in [-0.39, 0.29) is 5.41 Å². The van der Waals surface area contributed by atoms with Gasteiger partial charge in [-0.05, 0) is 42.6 Å². The van der Waals surface area contributed by atoms with E-state index < -0.39 is 0 Å². The van der Waals surface area contributed by atoms with E-state index in [4.69, 9.17) is 4.74 Å². The fraction of sp³-hybridized carbons (Fsp3) is 0.520. The van der Waals surface area contributed by atoms with Crippen LogP contribution >= 0.6 is 0 Å². The van der Waals surface area contributed by atoms with Crippen LogP contribution in [0.1, 0.15) is 64.0 Å². The summed E-state index contributed by atoms with van der Waals surface area (Å²) in [6.07, 6.45) is 6.91. The Hall–Kier alpha value is -1.80. The van der Waals surface area contributed by atoms with Crippen LogP contribution in [-0.4, -0.2) is 30.6 Å². The van der Waals surface area contributed by atoms with Crippen molar-refractivity contribution in [2.24, 2.45) is 0 Å². The maximum absolute atomic E-state index is 6.06. The lowest BCUT2D eigenvalue weighted by Crippen LogP contribution is -2.39. The number of likely N-dealkylation sites (N-methyl/N-ethyl adjacent to an activating group) is 1. The zero-order valence-corrected chi connectivity index (χ0v) is 17.3. The summed E-state index contributed by atoms with van der Waals surface area (Å²) in [7, 11) is 0. The zero-order chi connectivity index (χ0) is 19.1. The lowest BCUT2D eigenvalue weighted by Gasteiger charge is -2.33. The van der Waals surface area contributed by atoms with Crippen molar-refractivity contribution in [1.82, 2.24) is 4.90 Å². The van der Waals surface area contributed by atoms with Crippen LogP contribution in [0.4, 0.5) is 0 Å². The highest BCUT2D eigenvalue weighted by Gasteiger charge is 2.23. The Labute approximate surface area is 165 Å². The quantitative estimate of drug-likeness (QED) is 0.565. The fourth-order valence-electron chi connectivity index (χ4n) is 4.32. The molecule has 1 fully saturated rings. The number of benzene rings is 2. The van der Waals surface area contributed by atoms with E-state index in [0.29, 0.717) is 0 Å². The standard InChI is InChI=1S/C25H35NO/c1-4-26(23-13-9-6-10-14-23)19-20-27-24-17-15-22(16-18-24)25(2,3)21-11-7-5-8-12-21/h5,7-8,11-12,15-18,23H,4,6,9-10,13-14,19-20H2,1-3H3. The van der Waals surface area contributed by atoms with E-state index in [2.05, 4.69) is 80.3 Å².